The normalized spacial score (nSPS) is 16.3. The van der Waals surface area contributed by atoms with Crippen LogP contribution in [-0.4, -0.2) is 10.8 Å². The zero-order valence-corrected chi connectivity index (χ0v) is 9.42. The maximum absolute atomic E-state index is 12.2. The second-order valence-electron chi connectivity index (χ2n) is 4.69. The van der Waals surface area contributed by atoms with Crippen molar-refractivity contribution in [3.63, 3.8) is 0 Å². The number of nitrogens with one attached hydrogen (secondary N) is 1. The average Bonchev–Trinajstić information content (AvgIpc) is 2.60. The minimum absolute atomic E-state index is 0.276. The number of carbonyl (C=O) groups is 1. The second kappa shape index (κ2) is 3.48. The van der Waals surface area contributed by atoms with Gasteiger partial charge in [-0.1, -0.05) is 18.6 Å². The summed E-state index contributed by atoms with van der Waals surface area (Å²) in [6.45, 7) is 2.06. The van der Waals surface area contributed by atoms with Crippen LogP contribution in [0.2, 0.25) is 0 Å². The van der Waals surface area contributed by atoms with Crippen molar-refractivity contribution >= 4 is 16.7 Å². The lowest BCUT2D eigenvalue weighted by atomic mass is 9.79. The molecule has 2 heteroatoms. The van der Waals surface area contributed by atoms with Crippen molar-refractivity contribution in [1.82, 2.24) is 4.98 Å². The van der Waals surface area contributed by atoms with Gasteiger partial charge >= 0.3 is 0 Å². The highest BCUT2D eigenvalue weighted by molar-refractivity contribution is 6.10. The molecular weight excluding hydrogens is 198 g/mol. The van der Waals surface area contributed by atoms with Gasteiger partial charge in [0.05, 0.1) is 0 Å². The molecule has 82 valence electrons. The van der Waals surface area contributed by atoms with Crippen LogP contribution in [0.25, 0.3) is 10.9 Å². The first-order valence-electron chi connectivity index (χ1n) is 5.88. The number of rotatable bonds is 2. The van der Waals surface area contributed by atoms with E-state index in [2.05, 4.69) is 18.0 Å². The van der Waals surface area contributed by atoms with Gasteiger partial charge in [0.25, 0.3) is 0 Å². The van der Waals surface area contributed by atoms with Crippen molar-refractivity contribution in [3.05, 3.63) is 35.5 Å². The minimum atomic E-state index is 0.276. The van der Waals surface area contributed by atoms with E-state index in [0.717, 1.165) is 29.3 Å². The van der Waals surface area contributed by atoms with E-state index in [4.69, 9.17) is 0 Å². The lowest BCUT2D eigenvalue weighted by Gasteiger charge is -2.23. The summed E-state index contributed by atoms with van der Waals surface area (Å²) in [4.78, 5) is 15.4. The van der Waals surface area contributed by atoms with Crippen LogP contribution in [0, 0.1) is 12.8 Å². The molecule has 1 aromatic heterocycles. The molecule has 2 aromatic rings. The Morgan fingerprint density at radius 2 is 2.19 bits per heavy atom. The SMILES string of the molecule is Cc1cccc2[nH]cc(C(=O)C3CCC3)c12. The molecule has 0 atom stereocenters. The minimum Gasteiger partial charge on any atom is -0.360 e. The molecule has 1 aliphatic carbocycles. The Morgan fingerprint density at radius 3 is 2.88 bits per heavy atom. The fourth-order valence-electron chi connectivity index (χ4n) is 2.45. The zero-order valence-electron chi connectivity index (χ0n) is 9.42. The van der Waals surface area contributed by atoms with Gasteiger partial charge in [-0.15, -0.1) is 0 Å². The molecule has 1 fully saturated rings. The Morgan fingerprint density at radius 1 is 1.38 bits per heavy atom. The number of aromatic amines is 1. The van der Waals surface area contributed by atoms with E-state index >= 15 is 0 Å². The number of aryl methyl sites for hydroxylation is 1. The summed E-state index contributed by atoms with van der Waals surface area (Å²) in [6, 6.07) is 6.11. The van der Waals surface area contributed by atoms with Gasteiger partial charge in [0.2, 0.25) is 0 Å². The summed E-state index contributed by atoms with van der Waals surface area (Å²) < 4.78 is 0. The largest absolute Gasteiger partial charge is 0.360 e. The van der Waals surface area contributed by atoms with Crippen LogP contribution in [-0.2, 0) is 0 Å². The van der Waals surface area contributed by atoms with E-state index in [9.17, 15) is 4.79 Å². The van der Waals surface area contributed by atoms with Crippen LogP contribution >= 0.6 is 0 Å². The molecule has 1 aliphatic rings. The third-order valence-corrected chi connectivity index (χ3v) is 3.66. The first-order chi connectivity index (χ1) is 7.77. The number of benzene rings is 1. The number of carbonyl (C=O) groups excluding carboxylic acids is 1. The predicted molar refractivity (Wildman–Crippen MR) is 64.7 cm³/mol. The number of hydrogen-bond donors (Lipinski definition) is 1. The Labute approximate surface area is 94.7 Å². The molecule has 3 rings (SSSR count). The quantitative estimate of drug-likeness (QED) is 0.761. The smallest absolute Gasteiger partial charge is 0.168 e. The Kier molecular flexibility index (Phi) is 2.10. The molecule has 1 heterocycles. The van der Waals surface area contributed by atoms with E-state index in [0.29, 0.717) is 5.78 Å². The summed E-state index contributed by atoms with van der Waals surface area (Å²) in [5.74, 6) is 0.602. The number of aromatic nitrogens is 1. The van der Waals surface area contributed by atoms with Crippen molar-refractivity contribution in [2.24, 2.45) is 5.92 Å². The molecule has 0 bridgehead atoms. The molecule has 0 amide bonds. The van der Waals surface area contributed by atoms with E-state index in [1.807, 2.05) is 18.3 Å². The van der Waals surface area contributed by atoms with Crippen LogP contribution in [0.1, 0.15) is 35.2 Å². The highest BCUT2D eigenvalue weighted by Gasteiger charge is 2.28. The monoisotopic (exact) mass is 213 g/mol. The summed E-state index contributed by atoms with van der Waals surface area (Å²) in [6.07, 6.45) is 5.21. The van der Waals surface area contributed by atoms with Gasteiger partial charge in [0.15, 0.2) is 5.78 Å². The van der Waals surface area contributed by atoms with E-state index < -0.39 is 0 Å². The fourth-order valence-corrected chi connectivity index (χ4v) is 2.45. The highest BCUT2D eigenvalue weighted by Crippen LogP contribution is 2.32. The molecule has 0 unspecified atom stereocenters. The van der Waals surface area contributed by atoms with Crippen molar-refractivity contribution < 1.29 is 4.79 Å². The number of ketones is 1. The van der Waals surface area contributed by atoms with Crippen LogP contribution in [0.4, 0.5) is 0 Å². The van der Waals surface area contributed by atoms with Gasteiger partial charge in [-0.25, -0.2) is 0 Å². The number of hydrogen-bond acceptors (Lipinski definition) is 1. The Hall–Kier alpha value is -1.57. The molecule has 2 nitrogen and oxygen atoms in total. The maximum atomic E-state index is 12.2. The Bertz CT molecular complexity index is 549. The average molecular weight is 213 g/mol. The first-order valence-corrected chi connectivity index (χ1v) is 5.88. The summed E-state index contributed by atoms with van der Waals surface area (Å²) in [5, 5.41) is 1.11. The molecule has 1 aromatic carbocycles. The van der Waals surface area contributed by atoms with Gasteiger partial charge in [-0.05, 0) is 31.4 Å². The number of H-pyrrole nitrogens is 1. The maximum Gasteiger partial charge on any atom is 0.168 e. The van der Waals surface area contributed by atoms with Crippen molar-refractivity contribution in [3.8, 4) is 0 Å². The van der Waals surface area contributed by atoms with Crippen molar-refractivity contribution in [1.29, 1.82) is 0 Å². The predicted octanol–water partition coefficient (Wildman–Crippen LogP) is 3.46. The second-order valence-corrected chi connectivity index (χ2v) is 4.69. The topological polar surface area (TPSA) is 32.9 Å². The van der Waals surface area contributed by atoms with Gasteiger partial charge in [-0.2, -0.15) is 0 Å². The summed E-state index contributed by atoms with van der Waals surface area (Å²) in [5.41, 5.74) is 3.14. The molecule has 16 heavy (non-hydrogen) atoms. The van der Waals surface area contributed by atoms with Gasteiger partial charge in [0.1, 0.15) is 0 Å². The van der Waals surface area contributed by atoms with Gasteiger partial charge in [-0.3, -0.25) is 4.79 Å². The molecule has 0 radical (unpaired) electrons. The molecule has 1 N–H and O–H groups in total. The molecular formula is C14H15NO. The van der Waals surface area contributed by atoms with Crippen molar-refractivity contribution in [2.75, 3.05) is 0 Å². The standard InChI is InChI=1S/C14H15NO/c1-9-4-2-7-12-13(9)11(8-15-12)14(16)10-5-3-6-10/h2,4,7-8,10,15H,3,5-6H2,1H3. The molecule has 0 aliphatic heterocycles. The van der Waals surface area contributed by atoms with Crippen molar-refractivity contribution in [2.45, 2.75) is 26.2 Å². The lowest BCUT2D eigenvalue weighted by molar-refractivity contribution is 0.0857. The van der Waals surface area contributed by atoms with E-state index in [1.165, 1.54) is 12.0 Å². The molecule has 0 spiro atoms. The number of Topliss-reactive ketones (excluding diaryl/α,β-unsaturated/α-hetero) is 1. The summed E-state index contributed by atoms with van der Waals surface area (Å²) in [7, 11) is 0. The van der Waals surface area contributed by atoms with Gasteiger partial charge in [0, 0.05) is 28.6 Å². The van der Waals surface area contributed by atoms with E-state index in [1.54, 1.807) is 0 Å². The lowest BCUT2D eigenvalue weighted by Crippen LogP contribution is -2.21. The van der Waals surface area contributed by atoms with E-state index in [-0.39, 0.29) is 5.92 Å². The van der Waals surface area contributed by atoms with Gasteiger partial charge < -0.3 is 4.98 Å². The third-order valence-electron chi connectivity index (χ3n) is 3.66. The molecule has 1 saturated carbocycles. The Balaban J connectivity index is 2.12. The van der Waals surface area contributed by atoms with Crippen LogP contribution in [0.15, 0.2) is 24.4 Å². The first kappa shape index (κ1) is 9.64. The van der Waals surface area contributed by atoms with Crippen LogP contribution in [0.3, 0.4) is 0 Å². The summed E-state index contributed by atoms with van der Waals surface area (Å²) >= 11 is 0. The zero-order chi connectivity index (χ0) is 11.1. The highest BCUT2D eigenvalue weighted by atomic mass is 16.1. The van der Waals surface area contributed by atoms with Crippen LogP contribution in [0.5, 0.6) is 0 Å². The fraction of sp³-hybridized carbons (Fsp3) is 0.357. The number of fused-ring (bicyclic) bond motifs is 1. The van der Waals surface area contributed by atoms with Crippen LogP contribution < -0.4 is 0 Å². The third kappa shape index (κ3) is 1.29. The molecule has 0 saturated heterocycles.